The van der Waals surface area contributed by atoms with Crippen LogP contribution in [0.15, 0.2) is 18.2 Å². The average Bonchev–Trinajstić information content (AvgIpc) is 2.27. The van der Waals surface area contributed by atoms with Crippen LogP contribution in [-0.2, 0) is 6.42 Å². The van der Waals surface area contributed by atoms with Gasteiger partial charge in [0.25, 0.3) is 0 Å². The van der Waals surface area contributed by atoms with Crippen molar-refractivity contribution in [3.8, 4) is 11.8 Å². The second-order valence-electron chi connectivity index (χ2n) is 2.97. The zero-order valence-corrected chi connectivity index (χ0v) is 8.42. The van der Waals surface area contributed by atoms with Gasteiger partial charge in [-0.1, -0.05) is 6.07 Å². The molecule has 1 aromatic carbocycles. The van der Waals surface area contributed by atoms with Crippen LogP contribution in [-0.4, -0.2) is 23.2 Å². The van der Waals surface area contributed by atoms with E-state index >= 15 is 0 Å². The first-order chi connectivity index (χ1) is 7.69. The number of aliphatic hydroxyl groups is 1. The summed E-state index contributed by atoms with van der Waals surface area (Å²) in [6.07, 6.45) is 0.112. The number of nitro groups is 1. The minimum absolute atomic E-state index is 0.00155. The van der Waals surface area contributed by atoms with E-state index in [0.717, 1.165) is 0 Å². The fourth-order valence-electron chi connectivity index (χ4n) is 1.18. The molecular formula is C10H10N2O4. The van der Waals surface area contributed by atoms with Gasteiger partial charge in [-0.25, -0.2) is 0 Å². The fraction of sp³-hybridized carbons (Fsp3) is 0.300. The quantitative estimate of drug-likeness (QED) is 0.592. The third-order valence-electron chi connectivity index (χ3n) is 1.85. The van der Waals surface area contributed by atoms with Gasteiger partial charge in [-0.05, 0) is 11.6 Å². The minimum Gasteiger partial charge on any atom is -0.484 e. The van der Waals surface area contributed by atoms with Gasteiger partial charge in [0.2, 0.25) is 0 Å². The van der Waals surface area contributed by atoms with Gasteiger partial charge in [-0.2, -0.15) is 5.26 Å². The maximum Gasteiger partial charge on any atom is 0.311 e. The molecule has 0 saturated heterocycles. The molecule has 84 valence electrons. The number of nitriles is 1. The predicted molar refractivity (Wildman–Crippen MR) is 55.0 cm³/mol. The molecule has 0 aliphatic heterocycles. The Balaban J connectivity index is 3.00. The van der Waals surface area contributed by atoms with E-state index in [2.05, 4.69) is 0 Å². The van der Waals surface area contributed by atoms with E-state index in [9.17, 15) is 10.1 Å². The first kappa shape index (κ1) is 11.9. The summed E-state index contributed by atoms with van der Waals surface area (Å²) in [4.78, 5) is 10.1. The number of benzene rings is 1. The van der Waals surface area contributed by atoms with Crippen molar-refractivity contribution in [2.24, 2.45) is 0 Å². The van der Waals surface area contributed by atoms with E-state index in [1.54, 1.807) is 6.07 Å². The van der Waals surface area contributed by atoms with Crippen LogP contribution < -0.4 is 4.74 Å². The lowest BCUT2D eigenvalue weighted by Crippen LogP contribution is -2.04. The molecule has 0 fully saturated rings. The van der Waals surface area contributed by atoms with Crippen LogP contribution >= 0.6 is 0 Å². The molecule has 0 spiro atoms. The first-order valence-corrected chi connectivity index (χ1v) is 4.57. The van der Waals surface area contributed by atoms with E-state index in [4.69, 9.17) is 15.1 Å². The van der Waals surface area contributed by atoms with E-state index in [0.29, 0.717) is 5.56 Å². The molecular weight excluding hydrogens is 212 g/mol. The van der Waals surface area contributed by atoms with Crippen molar-refractivity contribution >= 4 is 5.69 Å². The Labute approximate surface area is 91.8 Å². The number of ether oxygens (including phenoxy) is 1. The number of nitrogens with zero attached hydrogens (tertiary/aromatic N) is 2. The van der Waals surface area contributed by atoms with Gasteiger partial charge in [-0.15, -0.1) is 0 Å². The molecule has 1 aromatic rings. The lowest BCUT2D eigenvalue weighted by Gasteiger charge is -2.05. The molecule has 0 heterocycles. The minimum atomic E-state index is -0.576. The van der Waals surface area contributed by atoms with Crippen molar-refractivity contribution in [3.63, 3.8) is 0 Å². The first-order valence-electron chi connectivity index (χ1n) is 4.57. The van der Waals surface area contributed by atoms with Crippen LogP contribution in [0.25, 0.3) is 0 Å². The van der Waals surface area contributed by atoms with Crippen LogP contribution in [0.2, 0.25) is 0 Å². The molecule has 0 bridgehead atoms. The molecule has 1 rings (SSSR count). The highest BCUT2D eigenvalue weighted by Crippen LogP contribution is 2.27. The third kappa shape index (κ3) is 2.93. The highest BCUT2D eigenvalue weighted by molar-refractivity contribution is 5.49. The molecule has 6 heteroatoms. The van der Waals surface area contributed by atoms with E-state index in [1.165, 1.54) is 12.1 Å². The maximum absolute atomic E-state index is 10.7. The normalized spacial score (nSPS) is 9.50. The van der Waals surface area contributed by atoms with Gasteiger partial charge in [0, 0.05) is 6.07 Å². The Morgan fingerprint density at radius 3 is 2.88 bits per heavy atom. The molecule has 0 radical (unpaired) electrons. The molecule has 0 unspecified atom stereocenters. The number of nitro benzene ring substituents is 1. The lowest BCUT2D eigenvalue weighted by atomic mass is 10.1. The van der Waals surface area contributed by atoms with Crippen molar-refractivity contribution in [3.05, 3.63) is 33.9 Å². The molecule has 0 aromatic heterocycles. The van der Waals surface area contributed by atoms with Crippen LogP contribution in [0.3, 0.4) is 0 Å². The van der Waals surface area contributed by atoms with E-state index in [-0.39, 0.29) is 31.1 Å². The van der Waals surface area contributed by atoms with Crippen LogP contribution in [0.4, 0.5) is 5.69 Å². The molecule has 6 nitrogen and oxygen atoms in total. The van der Waals surface area contributed by atoms with Crippen molar-refractivity contribution in [2.45, 2.75) is 6.42 Å². The van der Waals surface area contributed by atoms with Gasteiger partial charge in [0.1, 0.15) is 6.61 Å². The molecule has 0 amide bonds. The fourth-order valence-corrected chi connectivity index (χ4v) is 1.18. The Morgan fingerprint density at radius 1 is 1.56 bits per heavy atom. The number of aliphatic hydroxyl groups excluding tert-OH is 1. The zero-order valence-electron chi connectivity index (χ0n) is 8.42. The van der Waals surface area contributed by atoms with Gasteiger partial charge < -0.3 is 9.84 Å². The molecule has 1 N–H and O–H groups in total. The monoisotopic (exact) mass is 222 g/mol. The van der Waals surface area contributed by atoms with E-state index in [1.807, 2.05) is 6.07 Å². The summed E-state index contributed by atoms with van der Waals surface area (Å²) >= 11 is 0. The Kier molecular flexibility index (Phi) is 4.24. The highest BCUT2D eigenvalue weighted by Gasteiger charge is 2.15. The Morgan fingerprint density at radius 2 is 2.31 bits per heavy atom. The predicted octanol–water partition coefficient (Wildman–Crippen LogP) is 1.03. The smallest absolute Gasteiger partial charge is 0.311 e. The van der Waals surface area contributed by atoms with Crippen LogP contribution in [0.1, 0.15) is 5.56 Å². The third-order valence-corrected chi connectivity index (χ3v) is 1.85. The number of hydrogen-bond donors (Lipinski definition) is 1. The topological polar surface area (TPSA) is 96.4 Å². The van der Waals surface area contributed by atoms with Crippen molar-refractivity contribution in [1.82, 2.24) is 0 Å². The van der Waals surface area contributed by atoms with Crippen LogP contribution in [0.5, 0.6) is 5.75 Å². The summed E-state index contributed by atoms with van der Waals surface area (Å²) in [6.45, 7) is -0.213. The van der Waals surface area contributed by atoms with Gasteiger partial charge in [-0.3, -0.25) is 10.1 Å². The lowest BCUT2D eigenvalue weighted by molar-refractivity contribution is -0.385. The summed E-state index contributed by atoms with van der Waals surface area (Å²) in [7, 11) is 0. The second kappa shape index (κ2) is 5.68. The summed E-state index contributed by atoms with van der Waals surface area (Å²) < 4.78 is 5.01. The summed E-state index contributed by atoms with van der Waals surface area (Å²) in [6, 6.07) is 6.23. The Bertz CT molecular complexity index is 425. The Hall–Kier alpha value is -2.13. The summed E-state index contributed by atoms with van der Waals surface area (Å²) in [5.41, 5.74) is 0.367. The van der Waals surface area contributed by atoms with Crippen molar-refractivity contribution in [1.29, 1.82) is 5.26 Å². The zero-order chi connectivity index (χ0) is 12.0. The SMILES string of the molecule is N#CCc1ccc(OCCO)c([N+](=O)[O-])c1. The highest BCUT2D eigenvalue weighted by atomic mass is 16.6. The number of rotatable bonds is 5. The summed E-state index contributed by atoms with van der Waals surface area (Å²) in [5, 5.41) is 27.8. The second-order valence-corrected chi connectivity index (χ2v) is 2.97. The van der Waals surface area contributed by atoms with Gasteiger partial charge in [0.15, 0.2) is 5.75 Å². The van der Waals surface area contributed by atoms with Crippen molar-refractivity contribution in [2.75, 3.05) is 13.2 Å². The summed E-state index contributed by atoms with van der Waals surface area (Å²) in [5.74, 6) is 0.0979. The molecule has 0 aliphatic carbocycles. The molecule has 0 atom stereocenters. The van der Waals surface area contributed by atoms with Gasteiger partial charge in [0.05, 0.1) is 24.0 Å². The van der Waals surface area contributed by atoms with Crippen LogP contribution in [0, 0.1) is 21.4 Å². The number of hydrogen-bond acceptors (Lipinski definition) is 5. The standard InChI is InChI=1S/C10H10N2O4/c11-4-3-8-1-2-10(16-6-5-13)9(7-8)12(14)15/h1-2,7,13H,3,5-6H2. The maximum atomic E-state index is 10.7. The molecule has 0 saturated carbocycles. The molecule has 0 aliphatic rings. The largest absolute Gasteiger partial charge is 0.484 e. The van der Waals surface area contributed by atoms with E-state index < -0.39 is 4.92 Å². The average molecular weight is 222 g/mol. The van der Waals surface area contributed by atoms with Crippen molar-refractivity contribution < 1.29 is 14.8 Å². The molecule has 16 heavy (non-hydrogen) atoms. The van der Waals surface area contributed by atoms with Gasteiger partial charge >= 0.3 is 5.69 Å².